The molecule has 0 saturated heterocycles. The number of carbonyl (C=O) groups is 8. The van der Waals surface area contributed by atoms with E-state index in [-0.39, 0.29) is 143 Å². The van der Waals surface area contributed by atoms with E-state index >= 15 is 0 Å². The van der Waals surface area contributed by atoms with Gasteiger partial charge in [-0.3, -0.25) is 38.4 Å². The van der Waals surface area contributed by atoms with Crippen LogP contribution in [0.4, 0.5) is 0 Å². The van der Waals surface area contributed by atoms with E-state index in [9.17, 15) is 38.4 Å². The maximum atomic E-state index is 14.0. The zero-order valence-electron chi connectivity index (χ0n) is 62.4. The monoisotopic (exact) mass is 1480 g/mol. The summed E-state index contributed by atoms with van der Waals surface area (Å²) in [7, 11) is 0. The van der Waals surface area contributed by atoms with Gasteiger partial charge in [-0.1, -0.05) is 48.5 Å². The molecule has 24 heteroatoms. The number of hydrogen-bond donors (Lipinski definition) is 0. The van der Waals surface area contributed by atoms with Crippen molar-refractivity contribution < 1.29 is 114 Å². The van der Waals surface area contributed by atoms with Crippen LogP contribution in [0.15, 0.2) is 146 Å². The third-order valence-corrected chi connectivity index (χ3v) is 16.7. The molecule has 1 aliphatic rings. The van der Waals surface area contributed by atoms with Crippen LogP contribution in [0.2, 0.25) is 0 Å². The second-order valence-electron chi connectivity index (χ2n) is 24.7. The summed E-state index contributed by atoms with van der Waals surface area (Å²) in [5.41, 5.74) is 2.77. The lowest BCUT2D eigenvalue weighted by Crippen LogP contribution is -2.19. The Labute approximate surface area is 626 Å². The summed E-state index contributed by atoms with van der Waals surface area (Å²) in [5, 5.41) is 0. The molecule has 0 aliphatic heterocycles. The van der Waals surface area contributed by atoms with Gasteiger partial charge < -0.3 is 75.8 Å². The van der Waals surface area contributed by atoms with E-state index in [1.807, 2.05) is 27.7 Å². The summed E-state index contributed by atoms with van der Waals surface area (Å²) in [5.74, 6) is -11.6. The highest BCUT2D eigenvalue weighted by atomic mass is 16.6. The summed E-state index contributed by atoms with van der Waals surface area (Å²) in [6, 6.07) is 39.7. The number of benzene rings is 8. The first-order chi connectivity index (χ1) is 52.0. The zero-order chi connectivity index (χ0) is 77.6. The minimum atomic E-state index is -1.31. The first-order valence-electron chi connectivity index (χ1n) is 35.4. The fourth-order valence-electron chi connectivity index (χ4n) is 12.7. The normalized spacial score (nSPS) is 14.3. The molecule has 0 amide bonds. The summed E-state index contributed by atoms with van der Waals surface area (Å²) in [6.07, 6.45) is 0. The summed E-state index contributed by atoms with van der Waals surface area (Å²) in [6.45, 7) is 20.4. The van der Waals surface area contributed by atoms with Gasteiger partial charge >= 0.3 is 47.8 Å². The highest BCUT2D eigenvalue weighted by Crippen LogP contribution is 2.55. The van der Waals surface area contributed by atoms with Gasteiger partial charge in [0.2, 0.25) is 0 Å². The molecule has 0 unspecified atom stereocenters. The number of fused-ring (bicyclic) bond motifs is 8. The van der Waals surface area contributed by atoms with Crippen LogP contribution in [0.25, 0.3) is 0 Å². The topological polar surface area (TPSA) is 284 Å². The molecule has 0 radical (unpaired) electrons. The van der Waals surface area contributed by atoms with E-state index in [1.165, 1.54) is 79.7 Å². The molecule has 0 saturated carbocycles. The molecule has 0 aromatic heterocycles. The van der Waals surface area contributed by atoms with Crippen LogP contribution in [0, 0.1) is 0 Å². The van der Waals surface area contributed by atoms with E-state index in [2.05, 4.69) is 0 Å². The Morgan fingerprint density at radius 2 is 0.370 bits per heavy atom. The predicted molar refractivity (Wildman–Crippen MR) is 394 cm³/mol. The van der Waals surface area contributed by atoms with E-state index in [4.69, 9.17) is 75.8 Å². The van der Waals surface area contributed by atoms with Crippen molar-refractivity contribution in [2.75, 3.05) is 79.3 Å². The Morgan fingerprint density at radius 3 is 0.500 bits per heavy atom. The molecule has 1 aliphatic carbocycles. The molecular weight excluding hydrogens is 1390 g/mol. The minimum absolute atomic E-state index is 0.139. The van der Waals surface area contributed by atoms with E-state index < -0.39 is 71.4 Å². The highest BCUT2D eigenvalue weighted by Gasteiger charge is 2.39. The quantitative estimate of drug-likeness (QED) is 0.0215. The average molecular weight is 1480 g/mol. The number of hydrogen-bond acceptors (Lipinski definition) is 24. The van der Waals surface area contributed by atoms with Gasteiger partial charge in [-0.25, -0.2) is 0 Å². The van der Waals surface area contributed by atoms with Crippen LogP contribution >= 0.6 is 0 Å². The lowest BCUT2D eigenvalue weighted by Gasteiger charge is -2.32. The molecule has 0 N–H and O–H groups in total. The van der Waals surface area contributed by atoms with Gasteiger partial charge in [-0.15, -0.1) is 0 Å². The van der Waals surface area contributed by atoms with Crippen LogP contribution in [0.3, 0.4) is 0 Å². The van der Waals surface area contributed by atoms with Gasteiger partial charge in [-0.05, 0) is 123 Å². The van der Waals surface area contributed by atoms with Crippen LogP contribution in [-0.4, -0.2) is 127 Å². The third-order valence-electron chi connectivity index (χ3n) is 16.7. The number of esters is 8. The van der Waals surface area contributed by atoms with Crippen molar-refractivity contribution in [1.29, 1.82) is 0 Å². The second-order valence-corrected chi connectivity index (χ2v) is 24.7. The maximum absolute atomic E-state index is 14.0. The standard InChI is InChI=1S/C84H88O24/c1-13-93-33-37-97-61-25-17-57(18-26-61)81-65-41-67(75(103-51(7)87)45-73(65)101-49(5)85)82(58-19-27-62(28-20-58)98-38-34-94-14-2)69-43-71(79(107-55(11)91)47-77(69)105-53(9)89)84(60-23-31-64(32-24-60)100-40-36-96-16-4)72-44-70(78(106-54(10)90)48-80(72)108-56(12)92)83(59-21-29-63(30-22-59)99-39-35-95-15-3)68-42-66(81)74(102-50(6)86)46-76(68)104-52(8)88/h17-32,41-48,81-84H,13-16,33-40H2,1-12H3. The molecule has 0 heterocycles. The second kappa shape index (κ2) is 38.7. The van der Waals surface area contributed by atoms with Crippen molar-refractivity contribution in [3.8, 4) is 69.0 Å². The first-order valence-corrected chi connectivity index (χ1v) is 35.4. The molecule has 0 fully saturated rings. The molecule has 8 aromatic rings. The van der Waals surface area contributed by atoms with Crippen molar-refractivity contribution >= 4 is 47.8 Å². The number of carbonyl (C=O) groups excluding carboxylic acids is 8. The maximum Gasteiger partial charge on any atom is 0.308 e. The number of rotatable bonds is 32. The third kappa shape index (κ3) is 21.4. The molecule has 9 rings (SSSR count). The molecule has 8 aromatic carbocycles. The van der Waals surface area contributed by atoms with Gasteiger partial charge in [-0.2, -0.15) is 0 Å². The smallest absolute Gasteiger partial charge is 0.308 e. The fraction of sp³-hybridized carbons (Fsp3) is 0.333. The van der Waals surface area contributed by atoms with Crippen LogP contribution < -0.4 is 56.8 Å². The average Bonchev–Trinajstić information content (AvgIpc) is 0.732. The van der Waals surface area contributed by atoms with Crippen molar-refractivity contribution in [2.24, 2.45) is 0 Å². The Bertz CT molecular complexity index is 3780. The Kier molecular flexibility index (Phi) is 28.9. The molecule has 0 atom stereocenters. The molecule has 8 bridgehead atoms. The van der Waals surface area contributed by atoms with Crippen molar-refractivity contribution in [1.82, 2.24) is 0 Å². The highest BCUT2D eigenvalue weighted by molar-refractivity contribution is 5.80. The fourth-order valence-corrected chi connectivity index (χ4v) is 12.7. The Morgan fingerprint density at radius 1 is 0.222 bits per heavy atom. The SMILES string of the molecule is CCOCCOc1ccc(C2c3cc(c(OC(C)=O)cc3OC(C)=O)C(c3ccc(OCCOCC)cc3)c3cc(c(OC(C)=O)cc3OC(C)=O)C(c3ccc(OCCOCC)cc3)c3cc(c(OC(C)=O)cc3OC(C)=O)C(c3ccc(OCCOCC)cc3)c3cc2c(OC(C)=O)cc3OC(C)=O)cc1. The lowest BCUT2D eigenvalue weighted by molar-refractivity contribution is -0.133. The van der Waals surface area contributed by atoms with Crippen LogP contribution in [-0.2, 0) is 57.3 Å². The van der Waals surface area contributed by atoms with Crippen molar-refractivity contribution in [3.05, 3.63) is 212 Å². The van der Waals surface area contributed by atoms with Gasteiger partial charge in [0.05, 0.1) is 26.4 Å². The van der Waals surface area contributed by atoms with E-state index in [0.29, 0.717) is 71.7 Å². The molecule has 568 valence electrons. The molecule has 108 heavy (non-hydrogen) atoms. The van der Waals surface area contributed by atoms with Gasteiger partial charge in [0, 0.05) is 174 Å². The van der Waals surface area contributed by atoms with Crippen molar-refractivity contribution in [2.45, 2.75) is 107 Å². The van der Waals surface area contributed by atoms with Crippen molar-refractivity contribution in [3.63, 3.8) is 0 Å². The van der Waals surface area contributed by atoms with Gasteiger partial charge in [0.25, 0.3) is 0 Å². The molecule has 0 spiro atoms. The summed E-state index contributed by atoms with van der Waals surface area (Å²) < 4.78 is 97.6. The summed E-state index contributed by atoms with van der Waals surface area (Å²) in [4.78, 5) is 112. The van der Waals surface area contributed by atoms with Gasteiger partial charge in [0.15, 0.2) is 0 Å². The van der Waals surface area contributed by atoms with Crippen LogP contribution in [0.5, 0.6) is 69.0 Å². The number of ether oxygens (including phenoxy) is 16. The minimum Gasteiger partial charge on any atom is -0.491 e. The molecule has 24 nitrogen and oxygen atoms in total. The Balaban J connectivity index is 1.60. The lowest BCUT2D eigenvalue weighted by atomic mass is 9.75. The van der Waals surface area contributed by atoms with E-state index in [1.54, 1.807) is 121 Å². The van der Waals surface area contributed by atoms with Crippen LogP contribution in [0.1, 0.15) is 174 Å². The summed E-state index contributed by atoms with van der Waals surface area (Å²) >= 11 is 0. The predicted octanol–water partition coefficient (Wildman–Crippen LogP) is 13.8. The first kappa shape index (κ1) is 80.7. The largest absolute Gasteiger partial charge is 0.491 e. The Hall–Kier alpha value is -11.4. The van der Waals surface area contributed by atoms with E-state index in [0.717, 1.165) is 0 Å². The zero-order valence-corrected chi connectivity index (χ0v) is 62.4. The molecular formula is C84H88O24. The van der Waals surface area contributed by atoms with Gasteiger partial charge in [0.1, 0.15) is 95.4 Å².